The number of rotatable bonds is 3. The molecular formula is C10H8Cl2FN7O. The van der Waals surface area contributed by atoms with Crippen molar-refractivity contribution in [1.82, 2.24) is 20.3 Å². The molecule has 0 spiro atoms. The average molecular weight is 332 g/mol. The highest BCUT2D eigenvalue weighted by Crippen LogP contribution is 2.25. The molecule has 0 saturated heterocycles. The first-order valence-electron chi connectivity index (χ1n) is 5.36. The lowest BCUT2D eigenvalue weighted by Gasteiger charge is -2.09. The number of nitrogen functional groups attached to an aromatic ring is 1. The van der Waals surface area contributed by atoms with E-state index < -0.39 is 5.82 Å². The Morgan fingerprint density at radius 3 is 2.43 bits per heavy atom. The summed E-state index contributed by atoms with van der Waals surface area (Å²) >= 11 is 5.70. The van der Waals surface area contributed by atoms with E-state index >= 15 is 0 Å². The van der Waals surface area contributed by atoms with Crippen LogP contribution in [0.15, 0.2) is 22.8 Å². The first kappa shape index (κ1) is 15.2. The zero-order valence-corrected chi connectivity index (χ0v) is 11.7. The predicted molar refractivity (Wildman–Crippen MR) is 77.1 cm³/mol. The van der Waals surface area contributed by atoms with Crippen LogP contribution in [0, 0.1) is 5.82 Å². The maximum absolute atomic E-state index is 13.1. The van der Waals surface area contributed by atoms with Gasteiger partial charge in [-0.05, 0) is 28.5 Å². The third kappa shape index (κ3) is 2.94. The Balaban J connectivity index is 0.00000161. The van der Waals surface area contributed by atoms with Gasteiger partial charge < -0.3 is 10.7 Å². The lowest BCUT2D eigenvalue weighted by atomic mass is 10.3. The second kappa shape index (κ2) is 6.04. The second-order valence-corrected chi connectivity index (χ2v) is 4.14. The number of halogens is 3. The zero-order chi connectivity index (χ0) is 14.1. The first-order valence-corrected chi connectivity index (χ1v) is 5.74. The predicted octanol–water partition coefficient (Wildman–Crippen LogP) is 2.26. The SMILES string of the molecule is Cl.NNc1nc2nonc2nc1Nc1ccc(F)c(Cl)c1. The molecule has 0 atom stereocenters. The monoisotopic (exact) mass is 331 g/mol. The van der Waals surface area contributed by atoms with Crippen molar-refractivity contribution >= 4 is 52.6 Å². The van der Waals surface area contributed by atoms with E-state index in [0.717, 1.165) is 0 Å². The van der Waals surface area contributed by atoms with Crippen molar-refractivity contribution in [1.29, 1.82) is 0 Å². The summed E-state index contributed by atoms with van der Waals surface area (Å²) in [4.78, 5) is 8.19. The molecule has 0 amide bonds. The fraction of sp³-hybridized carbons (Fsp3) is 0. The smallest absolute Gasteiger partial charge is 0.245 e. The van der Waals surface area contributed by atoms with Gasteiger partial charge >= 0.3 is 0 Å². The number of nitrogens with one attached hydrogen (secondary N) is 2. The molecule has 0 fully saturated rings. The van der Waals surface area contributed by atoms with Crippen LogP contribution in [0.25, 0.3) is 11.3 Å². The molecule has 0 aliphatic heterocycles. The maximum Gasteiger partial charge on any atom is 0.245 e. The Morgan fingerprint density at radius 1 is 1.14 bits per heavy atom. The van der Waals surface area contributed by atoms with E-state index in [-0.39, 0.29) is 40.4 Å². The molecular weight excluding hydrogens is 324 g/mol. The fourth-order valence-corrected chi connectivity index (χ4v) is 1.72. The highest BCUT2D eigenvalue weighted by molar-refractivity contribution is 6.31. The summed E-state index contributed by atoms with van der Waals surface area (Å²) in [5.74, 6) is 5.35. The summed E-state index contributed by atoms with van der Waals surface area (Å²) in [6, 6.07) is 4.13. The number of aromatic nitrogens is 4. The molecule has 0 saturated carbocycles. The van der Waals surface area contributed by atoms with Crippen molar-refractivity contribution in [3.8, 4) is 0 Å². The zero-order valence-electron chi connectivity index (χ0n) is 10.2. The maximum atomic E-state index is 13.1. The van der Waals surface area contributed by atoms with Gasteiger partial charge in [0.2, 0.25) is 11.3 Å². The molecule has 1 aromatic carbocycles. The number of hydrogen-bond donors (Lipinski definition) is 3. The molecule has 0 bridgehead atoms. The minimum Gasteiger partial charge on any atom is -0.337 e. The van der Waals surface area contributed by atoms with Crippen LogP contribution in [0.5, 0.6) is 0 Å². The number of fused-ring (bicyclic) bond motifs is 1. The summed E-state index contributed by atoms with van der Waals surface area (Å²) in [6.07, 6.45) is 0. The molecule has 11 heteroatoms. The number of anilines is 3. The first-order chi connectivity index (χ1) is 9.67. The second-order valence-electron chi connectivity index (χ2n) is 3.73. The Morgan fingerprint density at radius 2 is 1.81 bits per heavy atom. The minimum atomic E-state index is -0.517. The number of benzene rings is 1. The highest BCUT2D eigenvalue weighted by atomic mass is 35.5. The van der Waals surface area contributed by atoms with Crippen LogP contribution in [0.3, 0.4) is 0 Å². The summed E-state index contributed by atoms with van der Waals surface area (Å²) in [5.41, 5.74) is 3.30. The van der Waals surface area contributed by atoms with Crippen LogP contribution in [0.1, 0.15) is 0 Å². The Kier molecular flexibility index (Phi) is 4.36. The molecule has 3 aromatic rings. The van der Waals surface area contributed by atoms with Crippen molar-refractivity contribution < 1.29 is 9.02 Å². The fourth-order valence-electron chi connectivity index (χ4n) is 1.54. The third-order valence-electron chi connectivity index (χ3n) is 2.43. The lowest BCUT2D eigenvalue weighted by molar-refractivity contribution is 0.314. The largest absolute Gasteiger partial charge is 0.337 e. The Hall–Kier alpha value is -2.23. The van der Waals surface area contributed by atoms with Gasteiger partial charge in [-0.3, -0.25) is 0 Å². The molecule has 2 aromatic heterocycles. The summed E-state index contributed by atoms with van der Waals surface area (Å²) < 4.78 is 17.6. The van der Waals surface area contributed by atoms with Gasteiger partial charge in [-0.15, -0.1) is 12.4 Å². The van der Waals surface area contributed by atoms with E-state index in [1.165, 1.54) is 18.2 Å². The van der Waals surface area contributed by atoms with E-state index in [0.29, 0.717) is 5.69 Å². The lowest BCUT2D eigenvalue weighted by Crippen LogP contribution is -2.12. The van der Waals surface area contributed by atoms with Crippen LogP contribution in [-0.4, -0.2) is 20.3 Å². The molecule has 4 N–H and O–H groups in total. The van der Waals surface area contributed by atoms with E-state index in [9.17, 15) is 4.39 Å². The van der Waals surface area contributed by atoms with Crippen molar-refractivity contribution in [3.63, 3.8) is 0 Å². The van der Waals surface area contributed by atoms with Gasteiger partial charge in [0.25, 0.3) is 0 Å². The van der Waals surface area contributed by atoms with Crippen molar-refractivity contribution in [2.75, 3.05) is 10.7 Å². The molecule has 21 heavy (non-hydrogen) atoms. The Bertz CT molecular complexity index is 781. The van der Waals surface area contributed by atoms with Gasteiger partial charge in [0.1, 0.15) is 5.82 Å². The van der Waals surface area contributed by atoms with Gasteiger partial charge in [0.05, 0.1) is 5.02 Å². The number of nitrogens with zero attached hydrogens (tertiary/aromatic N) is 4. The highest BCUT2D eigenvalue weighted by Gasteiger charge is 2.12. The third-order valence-corrected chi connectivity index (χ3v) is 2.72. The van der Waals surface area contributed by atoms with Gasteiger partial charge in [-0.2, -0.15) is 4.98 Å². The minimum absolute atomic E-state index is 0. The summed E-state index contributed by atoms with van der Waals surface area (Å²) in [7, 11) is 0. The van der Waals surface area contributed by atoms with Crippen LogP contribution in [0.2, 0.25) is 5.02 Å². The quantitative estimate of drug-likeness (QED) is 0.494. The number of hydrogen-bond acceptors (Lipinski definition) is 8. The van der Waals surface area contributed by atoms with Crippen LogP contribution in [-0.2, 0) is 0 Å². The molecule has 2 heterocycles. The molecule has 3 rings (SSSR count). The number of hydrazine groups is 1. The van der Waals surface area contributed by atoms with Crippen molar-refractivity contribution in [3.05, 3.63) is 29.0 Å². The van der Waals surface area contributed by atoms with Crippen LogP contribution in [0.4, 0.5) is 21.7 Å². The van der Waals surface area contributed by atoms with E-state index in [1.54, 1.807) is 0 Å². The number of nitrogens with two attached hydrogens (primary N) is 1. The van der Waals surface area contributed by atoms with E-state index in [1.807, 2.05) is 0 Å². The van der Waals surface area contributed by atoms with Gasteiger partial charge in [-0.1, -0.05) is 11.6 Å². The average Bonchev–Trinajstić information content (AvgIpc) is 2.89. The Labute approximate surface area is 128 Å². The van der Waals surface area contributed by atoms with E-state index in [4.69, 9.17) is 17.4 Å². The molecule has 0 radical (unpaired) electrons. The van der Waals surface area contributed by atoms with Crippen LogP contribution < -0.4 is 16.6 Å². The van der Waals surface area contributed by atoms with Gasteiger partial charge in [-0.25, -0.2) is 19.8 Å². The van der Waals surface area contributed by atoms with Gasteiger partial charge in [0, 0.05) is 5.69 Å². The van der Waals surface area contributed by atoms with E-state index in [2.05, 4.69) is 35.7 Å². The molecule has 0 unspecified atom stereocenters. The van der Waals surface area contributed by atoms with Crippen molar-refractivity contribution in [2.45, 2.75) is 0 Å². The standard InChI is InChI=1S/C10H7ClFN7O.ClH/c11-5-3-4(1-2-6(5)12)14-7-8(17-13)16-10-9(15-7)18-20-19-10;/h1-3H,13H2,(H,14,15,18)(H,16,17,19);1H. The summed E-state index contributed by atoms with van der Waals surface area (Å²) in [5, 5.41) is 10.00. The molecule has 0 aliphatic carbocycles. The molecule has 0 aliphatic rings. The van der Waals surface area contributed by atoms with Gasteiger partial charge in [0.15, 0.2) is 11.6 Å². The van der Waals surface area contributed by atoms with Crippen molar-refractivity contribution in [2.24, 2.45) is 5.84 Å². The molecule has 110 valence electrons. The molecule has 8 nitrogen and oxygen atoms in total. The van der Waals surface area contributed by atoms with Crippen LogP contribution >= 0.6 is 24.0 Å². The normalized spacial score (nSPS) is 10.2. The summed E-state index contributed by atoms with van der Waals surface area (Å²) in [6.45, 7) is 0. The topological polar surface area (TPSA) is 115 Å².